The van der Waals surface area contributed by atoms with Crippen molar-refractivity contribution in [2.45, 2.75) is 54.2 Å². The summed E-state index contributed by atoms with van der Waals surface area (Å²) in [5.41, 5.74) is -8.38. The molecule has 0 spiro atoms. The van der Waals surface area contributed by atoms with E-state index in [0.29, 0.717) is 0 Å². The molecular formula is C10H6F15O. The second-order valence-electron chi connectivity index (χ2n) is 4.94. The van der Waals surface area contributed by atoms with Crippen molar-refractivity contribution in [1.82, 2.24) is 0 Å². The molecule has 0 saturated carbocycles. The first-order valence-corrected chi connectivity index (χ1v) is 5.76. The van der Waals surface area contributed by atoms with Gasteiger partial charge in [0.1, 0.15) is 0 Å². The summed E-state index contributed by atoms with van der Waals surface area (Å²) in [7, 11) is 0. The van der Waals surface area contributed by atoms with Gasteiger partial charge in [-0.15, -0.1) is 0 Å². The Morgan fingerprint density at radius 3 is 1.15 bits per heavy atom. The van der Waals surface area contributed by atoms with Crippen LogP contribution in [0.5, 0.6) is 0 Å². The number of rotatable bonds is 6. The van der Waals surface area contributed by atoms with Crippen molar-refractivity contribution in [2.24, 2.45) is 0 Å². The van der Waals surface area contributed by atoms with Crippen molar-refractivity contribution in [3.05, 3.63) is 6.92 Å². The average molecular weight is 427 g/mol. The molecule has 26 heavy (non-hydrogen) atoms. The van der Waals surface area contributed by atoms with Gasteiger partial charge < -0.3 is 5.11 Å². The maximum absolute atomic E-state index is 13.6. The Labute approximate surface area is 133 Å². The van der Waals surface area contributed by atoms with Crippen LogP contribution >= 0.6 is 0 Å². The fraction of sp³-hybridized carbons (Fsp3) is 0.900. The third-order valence-electron chi connectivity index (χ3n) is 2.96. The average Bonchev–Trinajstić information content (AvgIpc) is 2.32. The van der Waals surface area contributed by atoms with Crippen LogP contribution in [-0.2, 0) is 0 Å². The van der Waals surface area contributed by atoms with Crippen LogP contribution in [0.25, 0.3) is 0 Å². The molecule has 0 aliphatic rings. The molecule has 0 heterocycles. The van der Waals surface area contributed by atoms with E-state index in [2.05, 4.69) is 6.92 Å². The molecule has 0 amide bonds. The Balaban J connectivity index is 6.87. The molecule has 0 saturated heterocycles. The van der Waals surface area contributed by atoms with Crippen molar-refractivity contribution in [2.75, 3.05) is 0 Å². The van der Waals surface area contributed by atoms with Gasteiger partial charge in [0.25, 0.3) is 0 Å². The van der Waals surface area contributed by atoms with Gasteiger partial charge in [0.15, 0.2) is 0 Å². The molecular weight excluding hydrogens is 421 g/mol. The molecule has 0 aromatic rings. The summed E-state index contributed by atoms with van der Waals surface area (Å²) in [6.45, 7) is 2.15. The van der Waals surface area contributed by atoms with E-state index in [1.165, 1.54) is 0 Å². The molecule has 0 bridgehead atoms. The van der Waals surface area contributed by atoms with Gasteiger partial charge in [-0.1, -0.05) is 0 Å². The van der Waals surface area contributed by atoms with Crippen LogP contribution in [0.1, 0.15) is 6.42 Å². The lowest BCUT2D eigenvalue weighted by molar-refractivity contribution is -0.458. The molecule has 2 atom stereocenters. The van der Waals surface area contributed by atoms with Crippen LogP contribution < -0.4 is 0 Å². The predicted molar refractivity (Wildman–Crippen MR) is 51.7 cm³/mol. The lowest BCUT2D eigenvalue weighted by Crippen LogP contribution is -2.77. The van der Waals surface area contributed by atoms with Crippen molar-refractivity contribution >= 4 is 0 Å². The highest BCUT2D eigenvalue weighted by Gasteiger charge is 2.96. The lowest BCUT2D eigenvalue weighted by atomic mass is 9.81. The van der Waals surface area contributed by atoms with Crippen molar-refractivity contribution in [3.63, 3.8) is 0 Å². The molecule has 2 unspecified atom stereocenters. The third-order valence-corrected chi connectivity index (χ3v) is 2.96. The summed E-state index contributed by atoms with van der Waals surface area (Å²) in [5, 5.41) is 8.37. The highest BCUT2D eigenvalue weighted by Crippen LogP contribution is 2.64. The molecule has 0 aliphatic carbocycles. The highest BCUT2D eigenvalue weighted by molar-refractivity contribution is 5.18. The Kier molecular flexibility index (Phi) is 5.96. The fourth-order valence-corrected chi connectivity index (χ4v) is 1.62. The third kappa shape index (κ3) is 3.28. The van der Waals surface area contributed by atoms with Crippen molar-refractivity contribution in [1.29, 1.82) is 0 Å². The van der Waals surface area contributed by atoms with Crippen molar-refractivity contribution in [3.8, 4) is 0 Å². The van der Waals surface area contributed by atoms with E-state index in [-0.39, 0.29) is 0 Å². The maximum atomic E-state index is 13.6. The molecule has 0 aromatic carbocycles. The minimum Gasteiger partial charge on any atom is -0.393 e. The normalized spacial score (nSPS) is 19.3. The summed E-state index contributed by atoms with van der Waals surface area (Å²) in [4.78, 5) is 0. The van der Waals surface area contributed by atoms with E-state index < -0.39 is 54.2 Å². The SMILES string of the molecule is [CH2]C(O)CC(F)(F)C(F)(F)C(F)(C(F)(F)F)C(F)(F)C(F)(F)C(F)(F)F. The molecule has 0 fully saturated rings. The number of hydrogen-bond donors (Lipinski definition) is 1. The molecule has 1 N–H and O–H groups in total. The number of aliphatic hydroxyl groups is 1. The Hall–Kier alpha value is -1.09. The zero-order valence-corrected chi connectivity index (χ0v) is 11.6. The quantitative estimate of drug-likeness (QED) is 0.596. The summed E-state index contributed by atoms with van der Waals surface area (Å²) < 4.78 is 191. The molecule has 0 rings (SSSR count). The van der Waals surface area contributed by atoms with Gasteiger partial charge in [0.2, 0.25) is 0 Å². The van der Waals surface area contributed by atoms with E-state index in [4.69, 9.17) is 5.11 Å². The Bertz CT molecular complexity index is 502. The number of aliphatic hydroxyl groups excluding tert-OH is 1. The molecule has 0 aromatic heterocycles. The van der Waals surface area contributed by atoms with E-state index in [0.717, 1.165) is 0 Å². The van der Waals surface area contributed by atoms with Gasteiger partial charge in [-0.3, -0.25) is 0 Å². The van der Waals surface area contributed by atoms with Crippen LogP contribution in [0.15, 0.2) is 0 Å². The van der Waals surface area contributed by atoms with Gasteiger partial charge in [-0.25, -0.2) is 4.39 Å². The summed E-state index contributed by atoms with van der Waals surface area (Å²) in [6, 6.07) is 0. The molecule has 16 heteroatoms. The summed E-state index contributed by atoms with van der Waals surface area (Å²) in [6.07, 6.45) is -21.7. The number of halogens is 15. The largest absolute Gasteiger partial charge is 0.460 e. The molecule has 1 radical (unpaired) electrons. The van der Waals surface area contributed by atoms with Gasteiger partial charge in [-0.05, 0) is 6.92 Å². The highest BCUT2D eigenvalue weighted by atomic mass is 19.4. The standard InChI is InChI=1S/C10H6F15O/c1-3(26)2-4(11,12)6(14,15)5(13,9(20,21)22)7(16,17)8(18,19)10(23,24)25/h3,26H,1-2H2. The minimum atomic E-state index is -8.43. The van der Waals surface area contributed by atoms with E-state index >= 15 is 0 Å². The van der Waals surface area contributed by atoms with E-state index in [1.54, 1.807) is 0 Å². The topological polar surface area (TPSA) is 20.2 Å². The summed E-state index contributed by atoms with van der Waals surface area (Å²) in [5.74, 6) is -31.1. The van der Waals surface area contributed by atoms with Crippen LogP contribution in [0.3, 0.4) is 0 Å². The number of alkyl halides is 15. The molecule has 0 aliphatic heterocycles. The second-order valence-corrected chi connectivity index (χ2v) is 4.94. The van der Waals surface area contributed by atoms with Gasteiger partial charge >= 0.3 is 41.7 Å². The molecule has 1 nitrogen and oxygen atoms in total. The zero-order valence-electron chi connectivity index (χ0n) is 11.6. The number of hydrogen-bond acceptors (Lipinski definition) is 1. The van der Waals surface area contributed by atoms with Gasteiger partial charge in [-0.2, -0.15) is 61.5 Å². The second kappa shape index (κ2) is 6.22. The Morgan fingerprint density at radius 2 is 0.923 bits per heavy atom. The minimum absolute atomic E-state index is 2.15. The first-order chi connectivity index (χ1) is 10.9. The fourth-order valence-electron chi connectivity index (χ4n) is 1.62. The van der Waals surface area contributed by atoms with Crippen LogP contribution in [-0.4, -0.2) is 52.9 Å². The van der Waals surface area contributed by atoms with E-state index in [9.17, 15) is 65.9 Å². The van der Waals surface area contributed by atoms with Crippen LogP contribution in [0.4, 0.5) is 65.9 Å². The maximum Gasteiger partial charge on any atom is 0.460 e. The predicted octanol–water partition coefficient (Wildman–Crippen LogP) is 4.95. The molecule has 157 valence electrons. The lowest BCUT2D eigenvalue weighted by Gasteiger charge is -2.45. The smallest absolute Gasteiger partial charge is 0.393 e. The first-order valence-electron chi connectivity index (χ1n) is 5.76. The monoisotopic (exact) mass is 427 g/mol. The summed E-state index contributed by atoms with van der Waals surface area (Å²) >= 11 is 0. The zero-order chi connectivity index (χ0) is 21.8. The van der Waals surface area contributed by atoms with Crippen LogP contribution in [0, 0.1) is 6.92 Å². The van der Waals surface area contributed by atoms with Crippen molar-refractivity contribution < 1.29 is 71.0 Å². The first kappa shape index (κ1) is 24.9. The van der Waals surface area contributed by atoms with Gasteiger partial charge in [0, 0.05) is 6.42 Å². The van der Waals surface area contributed by atoms with Crippen LogP contribution in [0.2, 0.25) is 0 Å². The van der Waals surface area contributed by atoms with E-state index in [1.807, 2.05) is 0 Å². The Morgan fingerprint density at radius 1 is 0.577 bits per heavy atom. The van der Waals surface area contributed by atoms with Gasteiger partial charge in [0.05, 0.1) is 6.10 Å².